The monoisotopic (exact) mass is 277 g/mol. The molecule has 20 heavy (non-hydrogen) atoms. The molecule has 0 spiro atoms. The van der Waals surface area contributed by atoms with Gasteiger partial charge in [0.1, 0.15) is 5.82 Å². The van der Waals surface area contributed by atoms with Crippen molar-refractivity contribution in [2.45, 2.75) is 26.7 Å². The summed E-state index contributed by atoms with van der Waals surface area (Å²) in [6, 6.07) is 3.52. The van der Waals surface area contributed by atoms with Crippen LogP contribution in [0.15, 0.2) is 18.3 Å². The molecule has 0 saturated carbocycles. The quantitative estimate of drug-likeness (QED) is 0.864. The number of nitrogens with one attached hydrogen (secondary N) is 2. The van der Waals surface area contributed by atoms with Crippen LogP contribution in [0.4, 0.5) is 5.82 Å². The second-order valence-corrected chi connectivity index (χ2v) is 5.57. The van der Waals surface area contributed by atoms with Crippen LogP contribution >= 0.6 is 0 Å². The van der Waals surface area contributed by atoms with Crippen LogP contribution in [0.3, 0.4) is 0 Å². The number of pyridine rings is 1. The normalized spacial score (nSPS) is 17.5. The Hall–Kier alpha value is -1.62. The van der Waals surface area contributed by atoms with E-state index in [0.29, 0.717) is 12.1 Å². The molecule has 110 valence electrons. The molecule has 1 amide bonds. The van der Waals surface area contributed by atoms with Gasteiger partial charge in [-0.1, -0.05) is 6.92 Å². The van der Waals surface area contributed by atoms with Crippen molar-refractivity contribution < 1.29 is 9.53 Å². The highest BCUT2D eigenvalue weighted by Gasteiger charge is 2.27. The van der Waals surface area contributed by atoms with E-state index in [4.69, 9.17) is 4.74 Å². The van der Waals surface area contributed by atoms with Crippen molar-refractivity contribution >= 4 is 11.7 Å². The Morgan fingerprint density at radius 1 is 1.45 bits per heavy atom. The highest BCUT2D eigenvalue weighted by atomic mass is 16.5. The van der Waals surface area contributed by atoms with Crippen molar-refractivity contribution in [2.75, 3.05) is 31.6 Å². The zero-order valence-corrected chi connectivity index (χ0v) is 12.2. The first kappa shape index (κ1) is 14.8. The lowest BCUT2D eigenvalue weighted by Crippen LogP contribution is -2.39. The van der Waals surface area contributed by atoms with Crippen molar-refractivity contribution in [3.05, 3.63) is 23.9 Å². The minimum absolute atomic E-state index is 0.0423. The van der Waals surface area contributed by atoms with Gasteiger partial charge < -0.3 is 15.4 Å². The van der Waals surface area contributed by atoms with Gasteiger partial charge in [-0.05, 0) is 37.3 Å². The van der Waals surface area contributed by atoms with Gasteiger partial charge in [0.05, 0.1) is 0 Å². The van der Waals surface area contributed by atoms with Crippen LogP contribution in [0.2, 0.25) is 0 Å². The number of carbonyl (C=O) groups is 1. The SMILES string of the molecule is CCNc1cc(C(=O)NCC2(C)CCOCC2)ccn1. The maximum Gasteiger partial charge on any atom is 0.251 e. The molecule has 0 aliphatic carbocycles. The van der Waals surface area contributed by atoms with Gasteiger partial charge in [-0.3, -0.25) is 4.79 Å². The van der Waals surface area contributed by atoms with Crippen molar-refractivity contribution in [2.24, 2.45) is 5.41 Å². The summed E-state index contributed by atoms with van der Waals surface area (Å²) >= 11 is 0. The lowest BCUT2D eigenvalue weighted by atomic mass is 9.82. The number of aromatic nitrogens is 1. The molecule has 1 aromatic rings. The molecular weight excluding hydrogens is 254 g/mol. The van der Waals surface area contributed by atoms with Crippen molar-refractivity contribution in [1.82, 2.24) is 10.3 Å². The number of ether oxygens (including phenoxy) is 1. The molecule has 2 heterocycles. The van der Waals surface area contributed by atoms with Crippen molar-refractivity contribution in [3.8, 4) is 0 Å². The highest BCUT2D eigenvalue weighted by Crippen LogP contribution is 2.28. The molecule has 2 N–H and O–H groups in total. The van der Waals surface area contributed by atoms with Crippen LogP contribution in [0, 0.1) is 5.41 Å². The van der Waals surface area contributed by atoms with E-state index in [0.717, 1.165) is 38.4 Å². The van der Waals surface area contributed by atoms with Crippen LogP contribution < -0.4 is 10.6 Å². The van der Waals surface area contributed by atoms with E-state index in [2.05, 4.69) is 22.5 Å². The second-order valence-electron chi connectivity index (χ2n) is 5.57. The van der Waals surface area contributed by atoms with E-state index in [9.17, 15) is 4.79 Å². The third-order valence-electron chi connectivity index (χ3n) is 3.76. The molecule has 1 aliphatic heterocycles. The number of carbonyl (C=O) groups excluding carboxylic acids is 1. The van der Waals surface area contributed by atoms with E-state index in [1.807, 2.05) is 6.92 Å². The number of nitrogens with zero attached hydrogens (tertiary/aromatic N) is 1. The van der Waals surface area contributed by atoms with Crippen LogP contribution in [0.5, 0.6) is 0 Å². The predicted octanol–water partition coefficient (Wildman–Crippen LogP) is 2.06. The van der Waals surface area contributed by atoms with Crippen LogP contribution in [-0.2, 0) is 4.74 Å². The summed E-state index contributed by atoms with van der Waals surface area (Å²) in [5.74, 6) is 0.691. The molecule has 2 rings (SSSR count). The summed E-state index contributed by atoms with van der Waals surface area (Å²) in [7, 11) is 0. The molecule has 5 heteroatoms. The van der Waals surface area contributed by atoms with E-state index >= 15 is 0 Å². The third-order valence-corrected chi connectivity index (χ3v) is 3.76. The molecular formula is C15H23N3O2. The lowest BCUT2D eigenvalue weighted by molar-refractivity contribution is 0.0238. The number of hydrogen-bond donors (Lipinski definition) is 2. The summed E-state index contributed by atoms with van der Waals surface area (Å²) in [6.07, 6.45) is 3.64. The fourth-order valence-electron chi connectivity index (χ4n) is 2.29. The maximum atomic E-state index is 12.2. The molecule has 0 atom stereocenters. The molecule has 0 unspecified atom stereocenters. The zero-order chi connectivity index (χ0) is 14.4. The summed E-state index contributed by atoms with van der Waals surface area (Å²) in [5, 5.41) is 6.14. The van der Waals surface area contributed by atoms with Gasteiger partial charge in [0.25, 0.3) is 5.91 Å². The Balaban J connectivity index is 1.92. The Morgan fingerprint density at radius 3 is 2.90 bits per heavy atom. The van der Waals surface area contributed by atoms with Gasteiger partial charge in [-0.25, -0.2) is 4.98 Å². The molecule has 1 aliphatic rings. The summed E-state index contributed by atoms with van der Waals surface area (Å²) < 4.78 is 5.37. The molecule has 0 radical (unpaired) electrons. The first-order valence-electron chi connectivity index (χ1n) is 7.19. The molecule has 1 saturated heterocycles. The zero-order valence-electron chi connectivity index (χ0n) is 12.2. The van der Waals surface area contributed by atoms with Crippen LogP contribution in [0.1, 0.15) is 37.0 Å². The number of hydrogen-bond acceptors (Lipinski definition) is 4. The van der Waals surface area contributed by atoms with Gasteiger partial charge in [0, 0.05) is 38.1 Å². The second kappa shape index (κ2) is 6.70. The van der Waals surface area contributed by atoms with E-state index in [1.165, 1.54) is 0 Å². The number of rotatable bonds is 5. The van der Waals surface area contributed by atoms with E-state index in [1.54, 1.807) is 18.3 Å². The Kier molecular flexibility index (Phi) is 4.95. The number of anilines is 1. The predicted molar refractivity (Wildman–Crippen MR) is 78.9 cm³/mol. The lowest BCUT2D eigenvalue weighted by Gasteiger charge is -2.33. The van der Waals surface area contributed by atoms with Gasteiger partial charge in [0.2, 0.25) is 0 Å². The van der Waals surface area contributed by atoms with Gasteiger partial charge >= 0.3 is 0 Å². The number of amides is 1. The fourth-order valence-corrected chi connectivity index (χ4v) is 2.29. The average molecular weight is 277 g/mol. The Labute approximate surface area is 120 Å². The van der Waals surface area contributed by atoms with Crippen molar-refractivity contribution in [3.63, 3.8) is 0 Å². The van der Waals surface area contributed by atoms with E-state index < -0.39 is 0 Å². The Morgan fingerprint density at radius 2 is 2.20 bits per heavy atom. The first-order valence-corrected chi connectivity index (χ1v) is 7.19. The van der Waals surface area contributed by atoms with Crippen LogP contribution in [-0.4, -0.2) is 37.2 Å². The minimum Gasteiger partial charge on any atom is -0.381 e. The van der Waals surface area contributed by atoms with Crippen molar-refractivity contribution in [1.29, 1.82) is 0 Å². The Bertz CT molecular complexity index is 456. The molecule has 0 aromatic carbocycles. The standard InChI is InChI=1S/C15H23N3O2/c1-3-16-13-10-12(4-7-17-13)14(19)18-11-15(2)5-8-20-9-6-15/h4,7,10H,3,5-6,8-9,11H2,1-2H3,(H,16,17)(H,18,19). The van der Waals surface area contributed by atoms with Crippen LogP contribution in [0.25, 0.3) is 0 Å². The molecule has 1 aromatic heterocycles. The summed E-state index contributed by atoms with van der Waals surface area (Å²) in [4.78, 5) is 16.4. The molecule has 1 fully saturated rings. The molecule has 5 nitrogen and oxygen atoms in total. The topological polar surface area (TPSA) is 63.2 Å². The van der Waals surface area contributed by atoms with E-state index in [-0.39, 0.29) is 11.3 Å². The largest absolute Gasteiger partial charge is 0.381 e. The maximum absolute atomic E-state index is 12.2. The fraction of sp³-hybridized carbons (Fsp3) is 0.600. The molecule has 0 bridgehead atoms. The summed E-state index contributed by atoms with van der Waals surface area (Å²) in [6.45, 7) is 7.25. The average Bonchev–Trinajstić information content (AvgIpc) is 2.46. The van der Waals surface area contributed by atoms with Gasteiger partial charge in [0.15, 0.2) is 0 Å². The summed E-state index contributed by atoms with van der Waals surface area (Å²) in [5.41, 5.74) is 0.789. The van der Waals surface area contributed by atoms with Gasteiger partial charge in [-0.15, -0.1) is 0 Å². The minimum atomic E-state index is -0.0423. The third kappa shape index (κ3) is 3.93. The highest BCUT2D eigenvalue weighted by molar-refractivity contribution is 5.94. The van der Waals surface area contributed by atoms with Gasteiger partial charge in [-0.2, -0.15) is 0 Å². The first-order chi connectivity index (χ1) is 9.63. The smallest absolute Gasteiger partial charge is 0.251 e.